The van der Waals surface area contributed by atoms with Crippen molar-refractivity contribution in [2.75, 3.05) is 19.8 Å². The molecular formula is C25H37FN6O5. The first-order valence-corrected chi connectivity index (χ1v) is 12.4. The quantitative estimate of drug-likeness (QED) is 0.148. The summed E-state index contributed by atoms with van der Waals surface area (Å²) < 4.78 is 18.4. The first-order valence-electron chi connectivity index (χ1n) is 12.4. The molecule has 0 spiro atoms. The molecule has 6 N–H and O–H groups in total. The number of amides is 3. The molecule has 1 aliphatic heterocycles. The number of Topliss-reactive ketones (excluding diaryl/α,β-unsaturated/α-hetero) is 1. The number of hydrogen-bond acceptors (Lipinski definition) is 6. The molecule has 0 unspecified atom stereocenters. The summed E-state index contributed by atoms with van der Waals surface area (Å²) in [6.07, 6.45) is 0.719. The van der Waals surface area contributed by atoms with Crippen LogP contribution in [0.1, 0.15) is 45.1 Å². The summed E-state index contributed by atoms with van der Waals surface area (Å²) in [4.78, 5) is 52.3. The van der Waals surface area contributed by atoms with Gasteiger partial charge in [-0.05, 0) is 37.2 Å². The predicted molar refractivity (Wildman–Crippen MR) is 135 cm³/mol. The van der Waals surface area contributed by atoms with Crippen molar-refractivity contribution in [2.24, 2.45) is 11.7 Å². The average Bonchev–Trinajstić information content (AvgIpc) is 3.37. The highest BCUT2D eigenvalue weighted by Gasteiger charge is 2.39. The largest absolute Gasteiger partial charge is 0.445 e. The molecule has 0 saturated carbocycles. The predicted octanol–water partition coefficient (Wildman–Crippen LogP) is 1.22. The Morgan fingerprint density at radius 1 is 1.19 bits per heavy atom. The van der Waals surface area contributed by atoms with Crippen LogP contribution in [-0.4, -0.2) is 72.4 Å². The highest BCUT2D eigenvalue weighted by molar-refractivity contribution is 5.95. The molecule has 1 fully saturated rings. The third-order valence-corrected chi connectivity index (χ3v) is 6.08. The number of guanidine groups is 1. The third-order valence-electron chi connectivity index (χ3n) is 6.08. The number of hydrogen-bond donors (Lipinski definition) is 5. The van der Waals surface area contributed by atoms with Gasteiger partial charge in [-0.25, -0.2) is 9.18 Å². The zero-order valence-corrected chi connectivity index (χ0v) is 21.3. The number of nitrogens with zero attached hydrogens (tertiary/aromatic N) is 1. The minimum absolute atomic E-state index is 0.0480. The normalized spacial score (nSPS) is 16.5. The second-order valence-corrected chi connectivity index (χ2v) is 9.26. The first-order chi connectivity index (χ1) is 17.6. The Morgan fingerprint density at radius 2 is 1.89 bits per heavy atom. The topological polar surface area (TPSA) is 167 Å². The Hall–Kier alpha value is -3.70. The van der Waals surface area contributed by atoms with Crippen LogP contribution in [0.2, 0.25) is 0 Å². The molecule has 204 valence electrons. The van der Waals surface area contributed by atoms with Gasteiger partial charge in [0.2, 0.25) is 11.8 Å². The number of rotatable bonds is 13. The van der Waals surface area contributed by atoms with Crippen molar-refractivity contribution >= 4 is 29.7 Å². The molecule has 1 heterocycles. The Morgan fingerprint density at radius 3 is 2.51 bits per heavy atom. The number of nitrogens with two attached hydrogens (primary N) is 1. The van der Waals surface area contributed by atoms with E-state index < -0.39 is 48.5 Å². The fourth-order valence-corrected chi connectivity index (χ4v) is 4.09. The van der Waals surface area contributed by atoms with Gasteiger partial charge in [0, 0.05) is 13.1 Å². The summed E-state index contributed by atoms with van der Waals surface area (Å²) in [5, 5.41) is 14.9. The van der Waals surface area contributed by atoms with E-state index in [1.165, 1.54) is 4.90 Å². The lowest BCUT2D eigenvalue weighted by atomic mass is 10.0. The van der Waals surface area contributed by atoms with E-state index in [2.05, 4.69) is 16.0 Å². The van der Waals surface area contributed by atoms with Gasteiger partial charge in [-0.15, -0.1) is 0 Å². The number of ether oxygens (including phenoxy) is 1. The zero-order chi connectivity index (χ0) is 27.4. The molecule has 0 aliphatic carbocycles. The summed E-state index contributed by atoms with van der Waals surface area (Å²) in [5.41, 5.74) is 6.03. The molecule has 0 radical (unpaired) electrons. The number of carbonyl (C=O) groups is 4. The van der Waals surface area contributed by atoms with Gasteiger partial charge in [0.1, 0.15) is 25.4 Å². The number of carbonyl (C=O) groups excluding carboxylic acids is 4. The molecule has 1 saturated heterocycles. The van der Waals surface area contributed by atoms with E-state index >= 15 is 0 Å². The molecule has 3 amide bonds. The van der Waals surface area contributed by atoms with Crippen LogP contribution in [0.15, 0.2) is 30.3 Å². The van der Waals surface area contributed by atoms with Gasteiger partial charge in [-0.1, -0.05) is 44.2 Å². The highest BCUT2D eigenvalue weighted by Crippen LogP contribution is 2.21. The number of alkyl carbamates (subject to hydrolysis) is 1. The standard InChI is InChI=1S/C25H37FN6O5/c1-16(2)21(31-25(36)37-15-17-8-4-3-5-9-17)23(35)32-13-7-11-19(32)22(34)30-18(20(33)14-26)10-6-12-29-24(27)28/h3-5,8-9,16,18-19,21H,6-7,10-15H2,1-2H3,(H,30,34)(H,31,36)(H4,27,28,29)/t18-,19-,21-/m0/s1. The maximum atomic E-state index is 13.4. The Balaban J connectivity index is 2.00. The number of benzene rings is 1. The van der Waals surface area contributed by atoms with Gasteiger partial charge in [-0.2, -0.15) is 0 Å². The van der Waals surface area contributed by atoms with E-state index in [0.29, 0.717) is 25.8 Å². The molecular weight excluding hydrogens is 483 g/mol. The molecule has 11 nitrogen and oxygen atoms in total. The fraction of sp³-hybridized carbons (Fsp3) is 0.560. The van der Waals surface area contributed by atoms with Crippen molar-refractivity contribution < 1.29 is 28.3 Å². The van der Waals surface area contributed by atoms with Crippen molar-refractivity contribution in [3.63, 3.8) is 0 Å². The number of nitrogens with one attached hydrogen (secondary N) is 4. The van der Waals surface area contributed by atoms with Crippen molar-refractivity contribution in [2.45, 2.75) is 64.3 Å². The minimum atomic E-state index is -1.23. The second kappa shape index (κ2) is 14.8. The minimum Gasteiger partial charge on any atom is -0.445 e. The van der Waals surface area contributed by atoms with Crippen LogP contribution >= 0.6 is 0 Å². The van der Waals surface area contributed by atoms with Gasteiger partial charge in [0.15, 0.2) is 11.7 Å². The molecule has 0 aromatic heterocycles. The third kappa shape index (κ3) is 9.36. The molecule has 2 rings (SSSR count). The van der Waals surface area contributed by atoms with E-state index in [-0.39, 0.29) is 31.4 Å². The Bertz CT molecular complexity index is 945. The van der Waals surface area contributed by atoms with Gasteiger partial charge in [0.05, 0.1) is 6.04 Å². The van der Waals surface area contributed by atoms with E-state index in [9.17, 15) is 23.6 Å². The lowest BCUT2D eigenvalue weighted by molar-refractivity contribution is -0.141. The van der Waals surface area contributed by atoms with Crippen LogP contribution in [0.4, 0.5) is 9.18 Å². The fourth-order valence-electron chi connectivity index (χ4n) is 4.09. The van der Waals surface area contributed by atoms with Crippen LogP contribution < -0.4 is 21.7 Å². The van der Waals surface area contributed by atoms with E-state index in [1.807, 2.05) is 30.3 Å². The van der Waals surface area contributed by atoms with E-state index in [1.54, 1.807) is 13.8 Å². The summed E-state index contributed by atoms with van der Waals surface area (Å²) >= 11 is 0. The van der Waals surface area contributed by atoms with E-state index in [4.69, 9.17) is 15.9 Å². The average molecular weight is 521 g/mol. The zero-order valence-electron chi connectivity index (χ0n) is 21.3. The van der Waals surface area contributed by atoms with Crippen molar-refractivity contribution in [1.29, 1.82) is 5.41 Å². The van der Waals surface area contributed by atoms with E-state index in [0.717, 1.165) is 5.56 Å². The number of alkyl halides is 1. The van der Waals surface area contributed by atoms with Crippen LogP contribution in [0, 0.1) is 11.3 Å². The Labute approximate surface area is 216 Å². The summed E-state index contributed by atoms with van der Waals surface area (Å²) in [6.45, 7) is 2.96. The smallest absolute Gasteiger partial charge is 0.408 e. The van der Waals surface area contributed by atoms with Crippen LogP contribution in [0.3, 0.4) is 0 Å². The summed E-state index contributed by atoms with van der Waals surface area (Å²) in [5.74, 6) is -2.25. The van der Waals surface area contributed by atoms with Crippen molar-refractivity contribution in [3.8, 4) is 0 Å². The summed E-state index contributed by atoms with van der Waals surface area (Å²) in [6, 6.07) is 6.30. The van der Waals surface area contributed by atoms with Gasteiger partial charge in [0.25, 0.3) is 0 Å². The molecule has 37 heavy (non-hydrogen) atoms. The monoisotopic (exact) mass is 520 g/mol. The molecule has 12 heteroatoms. The van der Waals surface area contributed by atoms with Crippen LogP contribution in [0.5, 0.6) is 0 Å². The van der Waals surface area contributed by atoms with Gasteiger partial charge in [-0.3, -0.25) is 19.8 Å². The molecule has 3 atom stereocenters. The van der Waals surface area contributed by atoms with Crippen LogP contribution in [-0.2, 0) is 25.7 Å². The number of halogens is 1. The number of ketones is 1. The Kier molecular flexibility index (Phi) is 11.8. The lowest BCUT2D eigenvalue weighted by Gasteiger charge is -2.31. The maximum Gasteiger partial charge on any atom is 0.408 e. The van der Waals surface area contributed by atoms with Crippen molar-refractivity contribution in [1.82, 2.24) is 20.9 Å². The van der Waals surface area contributed by atoms with Crippen LogP contribution in [0.25, 0.3) is 0 Å². The molecule has 0 bridgehead atoms. The molecule has 1 aromatic carbocycles. The highest BCUT2D eigenvalue weighted by atomic mass is 19.1. The summed E-state index contributed by atoms with van der Waals surface area (Å²) in [7, 11) is 0. The molecule has 1 aliphatic rings. The molecule has 1 aromatic rings. The van der Waals surface area contributed by atoms with Gasteiger partial charge < -0.3 is 31.3 Å². The second-order valence-electron chi connectivity index (χ2n) is 9.26. The maximum absolute atomic E-state index is 13.4. The number of likely N-dealkylation sites (tertiary alicyclic amines) is 1. The lowest BCUT2D eigenvalue weighted by Crippen LogP contribution is -2.56. The SMILES string of the molecule is CC(C)[C@H](NC(=O)OCc1ccccc1)C(=O)N1CCC[C@H]1C(=O)N[C@@H](CCCNC(=N)N)C(=O)CF. The first kappa shape index (κ1) is 29.5. The van der Waals surface area contributed by atoms with Gasteiger partial charge >= 0.3 is 6.09 Å². The van der Waals surface area contributed by atoms with Crippen molar-refractivity contribution in [3.05, 3.63) is 35.9 Å².